The summed E-state index contributed by atoms with van der Waals surface area (Å²) in [6.45, 7) is 6.21. The molecule has 72 valence electrons. The minimum atomic E-state index is -0.0163. The lowest BCUT2D eigenvalue weighted by molar-refractivity contribution is 0.629. The summed E-state index contributed by atoms with van der Waals surface area (Å²) in [6.07, 6.45) is 1.46. The molecule has 0 aliphatic rings. The maximum absolute atomic E-state index is 5.84. The Morgan fingerprint density at radius 1 is 1.38 bits per heavy atom. The van der Waals surface area contributed by atoms with E-state index in [1.54, 1.807) is 0 Å². The Kier molecular flexibility index (Phi) is 3.34. The molecular formula is C8H11ClIN3. The van der Waals surface area contributed by atoms with Gasteiger partial charge >= 0.3 is 0 Å². The van der Waals surface area contributed by atoms with E-state index in [2.05, 4.69) is 58.6 Å². The molecule has 0 aromatic carbocycles. The van der Waals surface area contributed by atoms with Gasteiger partial charge in [-0.3, -0.25) is 0 Å². The van der Waals surface area contributed by atoms with Crippen LogP contribution in [0.15, 0.2) is 6.33 Å². The van der Waals surface area contributed by atoms with E-state index in [-0.39, 0.29) is 5.54 Å². The summed E-state index contributed by atoms with van der Waals surface area (Å²) in [6, 6.07) is 0. The van der Waals surface area contributed by atoms with Crippen molar-refractivity contribution in [1.82, 2.24) is 9.97 Å². The summed E-state index contributed by atoms with van der Waals surface area (Å²) in [5.74, 6) is 0.785. The number of nitrogens with zero attached hydrogens (tertiary/aromatic N) is 2. The number of rotatable bonds is 1. The van der Waals surface area contributed by atoms with Crippen LogP contribution in [0.1, 0.15) is 20.8 Å². The van der Waals surface area contributed by atoms with Crippen LogP contribution in [-0.4, -0.2) is 15.5 Å². The Labute approximate surface area is 96.4 Å². The maximum Gasteiger partial charge on any atom is 0.147 e. The first-order valence-electron chi connectivity index (χ1n) is 3.84. The molecule has 1 aromatic rings. The van der Waals surface area contributed by atoms with Crippen LogP contribution in [-0.2, 0) is 0 Å². The predicted octanol–water partition coefficient (Wildman–Crippen LogP) is 2.95. The van der Waals surface area contributed by atoms with Gasteiger partial charge in [0, 0.05) is 5.54 Å². The molecule has 0 radical (unpaired) electrons. The van der Waals surface area contributed by atoms with Crippen LogP contribution in [0.5, 0.6) is 0 Å². The van der Waals surface area contributed by atoms with Crippen LogP contribution < -0.4 is 5.32 Å². The fraction of sp³-hybridized carbons (Fsp3) is 0.500. The average Bonchev–Trinajstić information content (AvgIpc) is 1.96. The minimum Gasteiger partial charge on any atom is -0.364 e. The van der Waals surface area contributed by atoms with Gasteiger partial charge in [0.25, 0.3) is 0 Å². The molecule has 0 unspecified atom stereocenters. The van der Waals surface area contributed by atoms with Crippen molar-refractivity contribution in [3.63, 3.8) is 0 Å². The Morgan fingerprint density at radius 2 is 2.00 bits per heavy atom. The number of anilines is 1. The highest BCUT2D eigenvalue weighted by Gasteiger charge is 2.13. The Bertz CT molecular complexity index is 309. The molecule has 0 aliphatic carbocycles. The molecule has 0 saturated carbocycles. The lowest BCUT2D eigenvalue weighted by Crippen LogP contribution is -2.27. The summed E-state index contributed by atoms with van der Waals surface area (Å²) in [5, 5.41) is 3.74. The van der Waals surface area contributed by atoms with E-state index in [0.717, 1.165) is 9.39 Å². The molecule has 5 heteroatoms. The molecule has 3 nitrogen and oxygen atoms in total. The molecule has 1 aromatic heterocycles. The highest BCUT2D eigenvalue weighted by Crippen LogP contribution is 2.23. The quantitative estimate of drug-likeness (QED) is 0.640. The SMILES string of the molecule is CC(C)(C)Nc1ncnc(Cl)c1I. The van der Waals surface area contributed by atoms with E-state index in [1.165, 1.54) is 6.33 Å². The van der Waals surface area contributed by atoms with Gasteiger partial charge in [0.15, 0.2) is 0 Å². The van der Waals surface area contributed by atoms with Crippen molar-refractivity contribution in [1.29, 1.82) is 0 Å². The fourth-order valence-electron chi connectivity index (χ4n) is 0.791. The largest absolute Gasteiger partial charge is 0.364 e. The molecule has 0 amide bonds. The molecule has 1 heterocycles. The summed E-state index contributed by atoms with van der Waals surface area (Å²) < 4.78 is 0.858. The van der Waals surface area contributed by atoms with Gasteiger partial charge in [-0.1, -0.05) is 11.6 Å². The molecule has 1 rings (SSSR count). The van der Waals surface area contributed by atoms with Crippen LogP contribution in [0.2, 0.25) is 5.15 Å². The van der Waals surface area contributed by atoms with Gasteiger partial charge in [-0.15, -0.1) is 0 Å². The van der Waals surface area contributed by atoms with Crippen LogP contribution in [0.25, 0.3) is 0 Å². The minimum absolute atomic E-state index is 0.0163. The standard InChI is InChI=1S/C8H11ClIN3/c1-8(2,3)13-7-5(10)6(9)11-4-12-7/h4H,1-3H3,(H,11,12,13). The Hall–Kier alpha value is -0.100. The normalized spacial score (nSPS) is 11.5. The van der Waals surface area contributed by atoms with Gasteiger partial charge in [0.1, 0.15) is 17.3 Å². The summed E-state index contributed by atoms with van der Waals surface area (Å²) in [5.41, 5.74) is -0.0163. The van der Waals surface area contributed by atoms with E-state index in [0.29, 0.717) is 5.15 Å². The molecule has 13 heavy (non-hydrogen) atoms. The van der Waals surface area contributed by atoms with Crippen LogP contribution in [0.4, 0.5) is 5.82 Å². The summed E-state index contributed by atoms with van der Waals surface area (Å²) in [7, 11) is 0. The van der Waals surface area contributed by atoms with Gasteiger partial charge in [0.05, 0.1) is 3.57 Å². The second kappa shape index (κ2) is 3.96. The Balaban J connectivity index is 2.96. The number of halogens is 2. The maximum atomic E-state index is 5.84. The Morgan fingerprint density at radius 3 is 2.54 bits per heavy atom. The van der Waals surface area contributed by atoms with Crippen LogP contribution in [0.3, 0.4) is 0 Å². The number of hydrogen-bond acceptors (Lipinski definition) is 3. The molecule has 0 aliphatic heterocycles. The number of nitrogens with one attached hydrogen (secondary N) is 1. The summed E-state index contributed by atoms with van der Waals surface area (Å²) in [4.78, 5) is 7.99. The fourth-order valence-corrected chi connectivity index (χ4v) is 1.34. The predicted molar refractivity (Wildman–Crippen MR) is 63.1 cm³/mol. The van der Waals surface area contributed by atoms with Crippen molar-refractivity contribution in [2.45, 2.75) is 26.3 Å². The zero-order valence-corrected chi connectivity index (χ0v) is 10.6. The second-order valence-corrected chi connectivity index (χ2v) is 5.14. The van der Waals surface area contributed by atoms with E-state index < -0.39 is 0 Å². The first-order valence-corrected chi connectivity index (χ1v) is 5.30. The van der Waals surface area contributed by atoms with Crippen molar-refractivity contribution in [2.24, 2.45) is 0 Å². The molecular weight excluding hydrogens is 300 g/mol. The third-order valence-corrected chi connectivity index (χ3v) is 2.87. The van der Waals surface area contributed by atoms with Gasteiger partial charge < -0.3 is 5.32 Å². The molecule has 0 bridgehead atoms. The third-order valence-electron chi connectivity index (χ3n) is 1.24. The second-order valence-electron chi connectivity index (χ2n) is 3.70. The summed E-state index contributed by atoms with van der Waals surface area (Å²) >= 11 is 7.97. The number of aromatic nitrogens is 2. The van der Waals surface area contributed by atoms with E-state index in [1.807, 2.05) is 0 Å². The first kappa shape index (κ1) is 11.0. The van der Waals surface area contributed by atoms with E-state index >= 15 is 0 Å². The van der Waals surface area contributed by atoms with Gasteiger partial charge in [0.2, 0.25) is 0 Å². The highest BCUT2D eigenvalue weighted by molar-refractivity contribution is 14.1. The van der Waals surface area contributed by atoms with Crippen molar-refractivity contribution in [3.8, 4) is 0 Å². The average molecular weight is 312 g/mol. The van der Waals surface area contributed by atoms with Gasteiger partial charge in [-0.2, -0.15) is 0 Å². The topological polar surface area (TPSA) is 37.8 Å². The zero-order chi connectivity index (χ0) is 10.1. The molecule has 0 atom stereocenters. The van der Waals surface area contributed by atoms with Crippen molar-refractivity contribution in [3.05, 3.63) is 15.1 Å². The van der Waals surface area contributed by atoms with Crippen molar-refractivity contribution < 1.29 is 0 Å². The third kappa shape index (κ3) is 3.27. The van der Waals surface area contributed by atoms with E-state index in [9.17, 15) is 0 Å². The lowest BCUT2D eigenvalue weighted by atomic mass is 10.1. The first-order chi connectivity index (χ1) is 5.90. The molecule has 0 saturated heterocycles. The van der Waals surface area contributed by atoms with Gasteiger partial charge in [-0.05, 0) is 43.4 Å². The van der Waals surface area contributed by atoms with Crippen LogP contribution in [0, 0.1) is 3.57 Å². The molecule has 0 fully saturated rings. The zero-order valence-electron chi connectivity index (χ0n) is 7.73. The van der Waals surface area contributed by atoms with E-state index in [4.69, 9.17) is 11.6 Å². The van der Waals surface area contributed by atoms with Crippen molar-refractivity contribution in [2.75, 3.05) is 5.32 Å². The monoisotopic (exact) mass is 311 g/mol. The van der Waals surface area contributed by atoms with Gasteiger partial charge in [-0.25, -0.2) is 9.97 Å². The smallest absolute Gasteiger partial charge is 0.147 e. The lowest BCUT2D eigenvalue weighted by Gasteiger charge is -2.21. The molecule has 0 spiro atoms. The van der Waals surface area contributed by atoms with Crippen molar-refractivity contribution >= 4 is 40.0 Å². The highest BCUT2D eigenvalue weighted by atomic mass is 127. The number of hydrogen-bond donors (Lipinski definition) is 1. The van der Waals surface area contributed by atoms with Crippen LogP contribution >= 0.6 is 34.2 Å². The molecule has 1 N–H and O–H groups in total.